The standard InChI is InChI=1S/C20H17NO/c1-15-11-12-20(22)17(13-15)14-21-19-10-6-5-9-18(19)16-7-3-2-4-8-16/h2-14,22H,1H3. The van der Waals surface area contributed by atoms with Gasteiger partial charge in [-0.1, -0.05) is 60.2 Å². The van der Waals surface area contributed by atoms with Crippen molar-refractivity contribution in [2.24, 2.45) is 4.99 Å². The Balaban J connectivity index is 2.00. The van der Waals surface area contributed by atoms with Crippen LogP contribution >= 0.6 is 0 Å². The number of aryl methyl sites for hydroxylation is 1. The maximum Gasteiger partial charge on any atom is 0.124 e. The molecule has 0 spiro atoms. The molecule has 1 N–H and O–H groups in total. The van der Waals surface area contributed by atoms with E-state index >= 15 is 0 Å². The normalized spacial score (nSPS) is 11.0. The number of phenols is 1. The summed E-state index contributed by atoms with van der Waals surface area (Å²) in [5, 5.41) is 9.91. The molecule has 0 heterocycles. The molecule has 2 nitrogen and oxygen atoms in total. The van der Waals surface area contributed by atoms with E-state index in [1.807, 2.05) is 55.5 Å². The van der Waals surface area contributed by atoms with Crippen LogP contribution in [0.25, 0.3) is 11.1 Å². The number of hydrogen-bond donors (Lipinski definition) is 1. The van der Waals surface area contributed by atoms with E-state index in [0.29, 0.717) is 0 Å². The van der Waals surface area contributed by atoms with Gasteiger partial charge in [0.05, 0.1) is 5.69 Å². The topological polar surface area (TPSA) is 32.6 Å². The van der Waals surface area contributed by atoms with Crippen molar-refractivity contribution in [1.29, 1.82) is 0 Å². The van der Waals surface area contributed by atoms with E-state index in [9.17, 15) is 5.11 Å². The minimum Gasteiger partial charge on any atom is -0.507 e. The van der Waals surface area contributed by atoms with Crippen molar-refractivity contribution >= 4 is 11.9 Å². The zero-order chi connectivity index (χ0) is 15.4. The summed E-state index contributed by atoms with van der Waals surface area (Å²) in [6, 6.07) is 23.7. The summed E-state index contributed by atoms with van der Waals surface area (Å²) in [7, 11) is 0. The summed E-state index contributed by atoms with van der Waals surface area (Å²) in [6.07, 6.45) is 1.71. The van der Waals surface area contributed by atoms with E-state index in [-0.39, 0.29) is 5.75 Å². The summed E-state index contributed by atoms with van der Waals surface area (Å²) in [4.78, 5) is 4.57. The van der Waals surface area contributed by atoms with Gasteiger partial charge in [-0.3, -0.25) is 4.99 Å². The van der Waals surface area contributed by atoms with Crippen LogP contribution in [0.2, 0.25) is 0 Å². The average Bonchev–Trinajstić information content (AvgIpc) is 2.57. The predicted octanol–water partition coefficient (Wildman–Crippen LogP) is 5.12. The van der Waals surface area contributed by atoms with Crippen molar-refractivity contribution < 1.29 is 5.11 Å². The van der Waals surface area contributed by atoms with Crippen LogP contribution in [-0.2, 0) is 0 Å². The number of phenolic OH excluding ortho intramolecular Hbond substituents is 1. The molecule has 2 heteroatoms. The second kappa shape index (κ2) is 6.27. The number of aromatic hydroxyl groups is 1. The molecule has 3 aromatic carbocycles. The van der Waals surface area contributed by atoms with E-state index < -0.39 is 0 Å². The van der Waals surface area contributed by atoms with Crippen LogP contribution in [0.1, 0.15) is 11.1 Å². The fraction of sp³-hybridized carbons (Fsp3) is 0.0500. The highest BCUT2D eigenvalue weighted by Gasteiger charge is 2.03. The Morgan fingerprint density at radius 3 is 2.41 bits per heavy atom. The van der Waals surface area contributed by atoms with Crippen molar-refractivity contribution in [3.63, 3.8) is 0 Å². The second-order valence-electron chi connectivity index (χ2n) is 5.20. The lowest BCUT2D eigenvalue weighted by molar-refractivity contribution is 0.474. The van der Waals surface area contributed by atoms with Gasteiger partial charge >= 0.3 is 0 Å². The fourth-order valence-corrected chi connectivity index (χ4v) is 2.36. The summed E-state index contributed by atoms with van der Waals surface area (Å²) in [5.74, 6) is 0.242. The summed E-state index contributed by atoms with van der Waals surface area (Å²) < 4.78 is 0. The Bertz CT molecular complexity index is 807. The summed E-state index contributed by atoms with van der Waals surface area (Å²) in [5.41, 5.74) is 4.91. The van der Waals surface area contributed by atoms with Gasteiger partial charge in [0.1, 0.15) is 5.75 Å². The Kier molecular flexibility index (Phi) is 4.01. The summed E-state index contributed by atoms with van der Waals surface area (Å²) >= 11 is 0. The molecule has 0 aliphatic carbocycles. The van der Waals surface area contributed by atoms with Crippen LogP contribution in [0, 0.1) is 6.92 Å². The Morgan fingerprint density at radius 1 is 0.864 bits per heavy atom. The van der Waals surface area contributed by atoms with Gasteiger partial charge in [-0.05, 0) is 30.7 Å². The molecular weight excluding hydrogens is 270 g/mol. The minimum absolute atomic E-state index is 0.242. The molecule has 0 atom stereocenters. The Morgan fingerprint density at radius 2 is 1.59 bits per heavy atom. The van der Waals surface area contributed by atoms with Gasteiger partial charge in [-0.25, -0.2) is 0 Å². The number of hydrogen-bond acceptors (Lipinski definition) is 2. The molecule has 3 aromatic rings. The molecule has 0 bridgehead atoms. The first-order chi connectivity index (χ1) is 10.7. The second-order valence-corrected chi connectivity index (χ2v) is 5.20. The average molecular weight is 287 g/mol. The maximum absolute atomic E-state index is 9.91. The quantitative estimate of drug-likeness (QED) is 0.666. The highest BCUT2D eigenvalue weighted by Crippen LogP contribution is 2.30. The fourth-order valence-electron chi connectivity index (χ4n) is 2.36. The molecule has 0 aliphatic rings. The highest BCUT2D eigenvalue weighted by atomic mass is 16.3. The van der Waals surface area contributed by atoms with Gasteiger partial charge in [-0.2, -0.15) is 0 Å². The Hall–Kier alpha value is -2.87. The van der Waals surface area contributed by atoms with Crippen molar-refractivity contribution in [3.05, 3.63) is 83.9 Å². The molecule has 0 aromatic heterocycles. The highest BCUT2D eigenvalue weighted by molar-refractivity contribution is 5.88. The smallest absolute Gasteiger partial charge is 0.124 e. The monoisotopic (exact) mass is 287 g/mol. The first kappa shape index (κ1) is 14.1. The van der Waals surface area contributed by atoms with E-state index in [0.717, 1.165) is 27.9 Å². The van der Waals surface area contributed by atoms with Crippen LogP contribution in [0.5, 0.6) is 5.75 Å². The third-order valence-corrected chi connectivity index (χ3v) is 3.51. The van der Waals surface area contributed by atoms with Crippen LogP contribution in [0.4, 0.5) is 5.69 Å². The number of rotatable bonds is 3. The molecule has 108 valence electrons. The van der Waals surface area contributed by atoms with Crippen LogP contribution < -0.4 is 0 Å². The van der Waals surface area contributed by atoms with Gasteiger partial charge in [-0.15, -0.1) is 0 Å². The van der Waals surface area contributed by atoms with E-state index in [2.05, 4.69) is 23.2 Å². The maximum atomic E-state index is 9.91. The van der Waals surface area contributed by atoms with Crippen LogP contribution in [0.15, 0.2) is 77.8 Å². The number of aliphatic imine (C=N–C) groups is 1. The van der Waals surface area contributed by atoms with Crippen molar-refractivity contribution in [1.82, 2.24) is 0 Å². The summed E-state index contributed by atoms with van der Waals surface area (Å²) in [6.45, 7) is 1.99. The lowest BCUT2D eigenvalue weighted by Gasteiger charge is -2.06. The number of benzene rings is 3. The van der Waals surface area contributed by atoms with Gasteiger partial charge in [0.15, 0.2) is 0 Å². The molecule has 22 heavy (non-hydrogen) atoms. The van der Waals surface area contributed by atoms with Crippen LogP contribution in [0.3, 0.4) is 0 Å². The van der Waals surface area contributed by atoms with Gasteiger partial charge in [0.25, 0.3) is 0 Å². The SMILES string of the molecule is Cc1ccc(O)c(C=Nc2ccccc2-c2ccccc2)c1. The molecule has 0 saturated heterocycles. The van der Waals surface area contributed by atoms with E-state index in [1.165, 1.54) is 0 Å². The molecule has 3 rings (SSSR count). The van der Waals surface area contributed by atoms with Gasteiger partial charge in [0.2, 0.25) is 0 Å². The third kappa shape index (κ3) is 3.07. The molecule has 0 amide bonds. The first-order valence-electron chi connectivity index (χ1n) is 7.22. The molecule has 0 fully saturated rings. The zero-order valence-corrected chi connectivity index (χ0v) is 12.4. The van der Waals surface area contributed by atoms with E-state index in [1.54, 1.807) is 12.3 Å². The lowest BCUT2D eigenvalue weighted by atomic mass is 10.0. The zero-order valence-electron chi connectivity index (χ0n) is 12.4. The Labute approximate surface area is 130 Å². The van der Waals surface area contributed by atoms with Crippen molar-refractivity contribution in [2.75, 3.05) is 0 Å². The molecule has 0 radical (unpaired) electrons. The van der Waals surface area contributed by atoms with E-state index in [4.69, 9.17) is 0 Å². The molecule has 0 unspecified atom stereocenters. The number of para-hydroxylation sites is 1. The van der Waals surface area contributed by atoms with Gasteiger partial charge in [0, 0.05) is 17.3 Å². The van der Waals surface area contributed by atoms with Gasteiger partial charge < -0.3 is 5.11 Å². The van der Waals surface area contributed by atoms with Crippen LogP contribution in [-0.4, -0.2) is 11.3 Å². The third-order valence-electron chi connectivity index (χ3n) is 3.51. The molecular formula is C20H17NO. The first-order valence-corrected chi connectivity index (χ1v) is 7.22. The molecule has 0 saturated carbocycles. The number of nitrogens with zero attached hydrogens (tertiary/aromatic N) is 1. The van der Waals surface area contributed by atoms with Crippen molar-refractivity contribution in [3.8, 4) is 16.9 Å². The van der Waals surface area contributed by atoms with Crippen molar-refractivity contribution in [2.45, 2.75) is 6.92 Å². The minimum atomic E-state index is 0.242. The largest absolute Gasteiger partial charge is 0.507 e. The molecule has 0 aliphatic heterocycles. The predicted molar refractivity (Wildman–Crippen MR) is 92.0 cm³/mol. The lowest BCUT2D eigenvalue weighted by Crippen LogP contribution is -1.85.